The molecule has 1 heterocycles. The monoisotopic (exact) mass is 347 g/mol. The first-order valence-corrected chi connectivity index (χ1v) is 8.17. The first-order valence-electron chi connectivity index (χ1n) is 5.94. The van der Waals surface area contributed by atoms with Crippen molar-refractivity contribution in [1.29, 1.82) is 0 Å². The second-order valence-electron chi connectivity index (χ2n) is 4.40. The maximum Gasteiger partial charge on any atom is 0.322 e. The summed E-state index contributed by atoms with van der Waals surface area (Å²) >= 11 is 3.20. The third-order valence-electron chi connectivity index (χ3n) is 3.16. The van der Waals surface area contributed by atoms with Crippen LogP contribution in [0.25, 0.3) is 0 Å². The van der Waals surface area contributed by atoms with Crippen LogP contribution in [0.15, 0.2) is 33.6 Å². The van der Waals surface area contributed by atoms with Crippen molar-refractivity contribution in [2.24, 2.45) is 0 Å². The molecular weight excluding hydrogens is 334 g/mol. The highest BCUT2D eigenvalue weighted by atomic mass is 79.9. The average molecular weight is 348 g/mol. The Hall–Kier alpha value is -0.920. The van der Waals surface area contributed by atoms with E-state index in [2.05, 4.69) is 15.9 Å². The van der Waals surface area contributed by atoms with E-state index in [4.69, 9.17) is 0 Å². The van der Waals surface area contributed by atoms with Gasteiger partial charge in [0, 0.05) is 11.0 Å². The molecule has 1 aromatic carbocycles. The zero-order chi connectivity index (χ0) is 14.0. The topological polar surface area (TPSA) is 74.7 Å². The number of nitrogens with zero attached hydrogens (tertiary/aromatic N) is 1. The minimum atomic E-state index is -3.78. The van der Waals surface area contributed by atoms with Gasteiger partial charge in [-0.2, -0.15) is 4.31 Å². The molecule has 19 heavy (non-hydrogen) atoms. The molecule has 0 saturated carbocycles. The van der Waals surface area contributed by atoms with Gasteiger partial charge in [-0.05, 0) is 47.3 Å². The lowest BCUT2D eigenvalue weighted by molar-refractivity contribution is -0.142. The van der Waals surface area contributed by atoms with E-state index >= 15 is 0 Å². The average Bonchev–Trinajstić information content (AvgIpc) is 2.39. The molecule has 1 saturated heterocycles. The molecule has 0 bridgehead atoms. The van der Waals surface area contributed by atoms with E-state index < -0.39 is 22.0 Å². The molecule has 104 valence electrons. The predicted octanol–water partition coefficient (Wildman–Crippen LogP) is 2.08. The summed E-state index contributed by atoms with van der Waals surface area (Å²) in [5, 5.41) is 9.17. The number of carbonyl (C=O) groups is 1. The third kappa shape index (κ3) is 2.82. The highest BCUT2D eigenvalue weighted by Gasteiger charge is 2.38. The van der Waals surface area contributed by atoms with Crippen LogP contribution in [0.4, 0.5) is 0 Å². The molecule has 0 aliphatic carbocycles. The van der Waals surface area contributed by atoms with Crippen LogP contribution in [0.2, 0.25) is 0 Å². The summed E-state index contributed by atoms with van der Waals surface area (Å²) in [5.41, 5.74) is 0. The smallest absolute Gasteiger partial charge is 0.322 e. The van der Waals surface area contributed by atoms with E-state index in [9.17, 15) is 18.3 Å². The molecule has 0 spiro atoms. The van der Waals surface area contributed by atoms with Crippen LogP contribution in [0.5, 0.6) is 0 Å². The second-order valence-corrected chi connectivity index (χ2v) is 7.11. The van der Waals surface area contributed by atoms with Gasteiger partial charge in [0.15, 0.2) is 0 Å². The van der Waals surface area contributed by atoms with E-state index in [-0.39, 0.29) is 11.4 Å². The summed E-state index contributed by atoms with van der Waals surface area (Å²) in [4.78, 5) is 11.3. The minimum absolute atomic E-state index is 0.114. The molecule has 0 radical (unpaired) electrons. The Morgan fingerprint density at radius 1 is 1.32 bits per heavy atom. The van der Waals surface area contributed by atoms with Crippen LogP contribution in [0.1, 0.15) is 19.3 Å². The van der Waals surface area contributed by atoms with Crippen molar-refractivity contribution in [2.75, 3.05) is 6.54 Å². The Morgan fingerprint density at radius 3 is 2.63 bits per heavy atom. The number of benzene rings is 1. The summed E-state index contributed by atoms with van der Waals surface area (Å²) in [5.74, 6) is -1.09. The Labute approximate surface area is 120 Å². The van der Waals surface area contributed by atoms with E-state index in [0.717, 1.165) is 10.7 Å². The Balaban J connectivity index is 2.43. The van der Waals surface area contributed by atoms with Crippen LogP contribution in [-0.2, 0) is 14.8 Å². The van der Waals surface area contributed by atoms with Crippen molar-refractivity contribution in [3.8, 4) is 0 Å². The maximum atomic E-state index is 12.6. The van der Waals surface area contributed by atoms with Gasteiger partial charge in [-0.1, -0.05) is 12.1 Å². The summed E-state index contributed by atoms with van der Waals surface area (Å²) in [6.45, 7) is 0.251. The predicted molar refractivity (Wildman–Crippen MR) is 73.3 cm³/mol. The number of rotatable bonds is 3. The molecule has 1 aromatic rings. The van der Waals surface area contributed by atoms with Gasteiger partial charge in [-0.25, -0.2) is 8.42 Å². The molecule has 1 fully saturated rings. The van der Waals surface area contributed by atoms with Gasteiger partial charge in [0.1, 0.15) is 6.04 Å². The summed E-state index contributed by atoms with van der Waals surface area (Å²) in [7, 11) is -3.78. The lowest BCUT2D eigenvalue weighted by atomic mass is 10.1. The highest BCUT2D eigenvalue weighted by molar-refractivity contribution is 9.10. The molecule has 1 N–H and O–H groups in total. The van der Waals surface area contributed by atoms with Crippen LogP contribution < -0.4 is 0 Å². The maximum absolute atomic E-state index is 12.6. The lowest BCUT2D eigenvalue weighted by Crippen LogP contribution is -2.47. The normalized spacial score (nSPS) is 21.2. The first-order chi connectivity index (χ1) is 8.94. The number of aliphatic carboxylic acids is 1. The molecule has 1 atom stereocenters. The lowest BCUT2D eigenvalue weighted by Gasteiger charge is -2.32. The van der Waals surface area contributed by atoms with Gasteiger partial charge in [-0.15, -0.1) is 0 Å². The van der Waals surface area contributed by atoms with E-state index in [0.29, 0.717) is 17.3 Å². The molecule has 1 aliphatic heterocycles. The van der Waals surface area contributed by atoms with E-state index in [1.54, 1.807) is 18.2 Å². The third-order valence-corrected chi connectivity index (χ3v) is 6.08. The van der Waals surface area contributed by atoms with Gasteiger partial charge >= 0.3 is 5.97 Å². The number of hydrogen-bond donors (Lipinski definition) is 1. The highest BCUT2D eigenvalue weighted by Crippen LogP contribution is 2.29. The van der Waals surface area contributed by atoms with Crippen molar-refractivity contribution in [1.82, 2.24) is 4.31 Å². The Morgan fingerprint density at radius 2 is 2.00 bits per heavy atom. The first kappa shape index (κ1) is 14.5. The number of carboxylic acid groups (broad SMARTS) is 1. The van der Waals surface area contributed by atoms with Gasteiger partial charge in [0.2, 0.25) is 10.0 Å². The van der Waals surface area contributed by atoms with Gasteiger partial charge < -0.3 is 5.11 Å². The van der Waals surface area contributed by atoms with Crippen LogP contribution in [-0.4, -0.2) is 36.4 Å². The SMILES string of the molecule is O=C(O)C1CCCCN1S(=O)(=O)c1ccccc1Br. The standard InChI is InChI=1S/C12H14BrNO4S/c13-9-5-1-2-7-11(9)19(17,18)14-8-4-3-6-10(14)12(15)16/h1-2,5,7,10H,3-4,6,8H2,(H,15,16). The van der Waals surface area contributed by atoms with Gasteiger partial charge in [0.05, 0.1) is 4.90 Å². The van der Waals surface area contributed by atoms with E-state index in [1.807, 2.05) is 0 Å². The van der Waals surface area contributed by atoms with Crippen molar-refractivity contribution in [3.63, 3.8) is 0 Å². The van der Waals surface area contributed by atoms with Crippen molar-refractivity contribution in [3.05, 3.63) is 28.7 Å². The molecule has 2 rings (SSSR count). The van der Waals surface area contributed by atoms with E-state index in [1.165, 1.54) is 6.07 Å². The van der Waals surface area contributed by atoms with Crippen molar-refractivity contribution in [2.45, 2.75) is 30.2 Å². The fraction of sp³-hybridized carbons (Fsp3) is 0.417. The molecular formula is C12H14BrNO4S. The van der Waals surface area contributed by atoms with Crippen LogP contribution in [0, 0.1) is 0 Å². The molecule has 0 amide bonds. The number of carboxylic acids is 1. The van der Waals surface area contributed by atoms with Crippen LogP contribution >= 0.6 is 15.9 Å². The minimum Gasteiger partial charge on any atom is -0.480 e. The second kappa shape index (κ2) is 5.60. The summed E-state index contributed by atoms with van der Waals surface area (Å²) in [6, 6.07) is 5.48. The summed E-state index contributed by atoms with van der Waals surface area (Å²) in [6.07, 6.45) is 1.78. The fourth-order valence-corrected chi connectivity index (χ4v) is 4.84. The number of hydrogen-bond acceptors (Lipinski definition) is 3. The van der Waals surface area contributed by atoms with Crippen LogP contribution in [0.3, 0.4) is 0 Å². The van der Waals surface area contributed by atoms with Gasteiger partial charge in [0.25, 0.3) is 0 Å². The zero-order valence-electron chi connectivity index (χ0n) is 10.1. The van der Waals surface area contributed by atoms with Gasteiger partial charge in [-0.3, -0.25) is 4.79 Å². The zero-order valence-corrected chi connectivity index (χ0v) is 12.5. The molecule has 5 nitrogen and oxygen atoms in total. The fourth-order valence-electron chi connectivity index (χ4n) is 2.22. The molecule has 1 aliphatic rings. The molecule has 0 aromatic heterocycles. The number of sulfonamides is 1. The number of halogens is 1. The summed E-state index contributed by atoms with van der Waals surface area (Å²) < 4.78 is 26.7. The van der Waals surface area contributed by atoms with Crippen molar-refractivity contribution >= 4 is 31.9 Å². The largest absolute Gasteiger partial charge is 0.480 e. The quantitative estimate of drug-likeness (QED) is 0.908. The Kier molecular flexibility index (Phi) is 4.27. The molecule has 1 unspecified atom stereocenters. The van der Waals surface area contributed by atoms with Crippen molar-refractivity contribution < 1.29 is 18.3 Å². The number of piperidine rings is 1. The Bertz CT molecular complexity index is 587. The molecule has 7 heteroatoms.